The average Bonchev–Trinajstić information content (AvgIpc) is 3.44. The molecule has 0 N–H and O–H groups in total. The number of hydrogen-bond donors (Lipinski definition) is 0. The van der Waals surface area contributed by atoms with Crippen LogP contribution in [0.3, 0.4) is 0 Å². The minimum Gasteiger partial charge on any atom is -0.285 e. The second-order valence-electron chi connectivity index (χ2n) is 7.80. The van der Waals surface area contributed by atoms with Crippen LogP contribution in [0.5, 0.6) is 0 Å². The first-order valence-electron chi connectivity index (χ1n) is 10.2. The van der Waals surface area contributed by atoms with Gasteiger partial charge in [-0.2, -0.15) is 5.26 Å². The molecule has 7 heteroatoms. The number of fused-ring (bicyclic) bond motifs is 3. The number of rotatable bonds is 4. The van der Waals surface area contributed by atoms with Crippen molar-refractivity contribution in [2.75, 3.05) is 0 Å². The van der Waals surface area contributed by atoms with E-state index in [1.165, 1.54) is 0 Å². The zero-order valence-electron chi connectivity index (χ0n) is 16.9. The molecule has 1 saturated carbocycles. The summed E-state index contributed by atoms with van der Waals surface area (Å²) in [5.41, 5.74) is 5.09. The Labute approximate surface area is 183 Å². The molecular formula is C24H18N6S. The lowest BCUT2D eigenvalue weighted by Crippen LogP contribution is -2.02. The molecule has 6 rings (SSSR count). The number of benzene rings is 2. The monoisotopic (exact) mass is 422 g/mol. The molecule has 0 aliphatic heterocycles. The van der Waals surface area contributed by atoms with Crippen LogP contribution in [0.25, 0.3) is 22.4 Å². The molecule has 0 unspecified atom stereocenters. The smallest absolute Gasteiger partial charge is 0.202 e. The van der Waals surface area contributed by atoms with E-state index in [2.05, 4.69) is 37.4 Å². The maximum absolute atomic E-state index is 9.75. The molecule has 2 aromatic carbocycles. The van der Waals surface area contributed by atoms with Crippen molar-refractivity contribution in [2.45, 2.75) is 35.9 Å². The first-order chi connectivity index (χ1) is 15.2. The summed E-state index contributed by atoms with van der Waals surface area (Å²) in [6.45, 7) is 1.96. The van der Waals surface area contributed by atoms with Crippen molar-refractivity contribution in [3.63, 3.8) is 0 Å². The van der Waals surface area contributed by atoms with Crippen molar-refractivity contribution in [3.8, 4) is 11.8 Å². The van der Waals surface area contributed by atoms with Gasteiger partial charge in [0.15, 0.2) is 5.65 Å². The topological polar surface area (TPSA) is 71.8 Å². The lowest BCUT2D eigenvalue weighted by Gasteiger charge is -2.12. The number of pyridine rings is 1. The first kappa shape index (κ1) is 18.2. The predicted octanol–water partition coefficient (Wildman–Crippen LogP) is 5.28. The Kier molecular flexibility index (Phi) is 4.08. The fourth-order valence-electron chi connectivity index (χ4n) is 3.99. The van der Waals surface area contributed by atoms with Gasteiger partial charge in [0.2, 0.25) is 5.16 Å². The number of imidazole rings is 1. The van der Waals surface area contributed by atoms with Crippen LogP contribution < -0.4 is 0 Å². The van der Waals surface area contributed by atoms with E-state index in [0.29, 0.717) is 17.1 Å². The maximum atomic E-state index is 9.75. The van der Waals surface area contributed by atoms with Crippen LogP contribution in [0.4, 0.5) is 0 Å². The van der Waals surface area contributed by atoms with E-state index < -0.39 is 0 Å². The van der Waals surface area contributed by atoms with Gasteiger partial charge in [0.1, 0.15) is 11.9 Å². The van der Waals surface area contributed by atoms with Gasteiger partial charge in [-0.3, -0.25) is 8.97 Å². The van der Waals surface area contributed by atoms with Gasteiger partial charge in [-0.1, -0.05) is 30.3 Å². The SMILES string of the molecule is Cc1cc(Sc2nnc(C3CC3)n2-c2ccccc2)n2c(nc3ccccc32)c1C#N. The number of aryl methyl sites for hydroxylation is 1. The van der Waals surface area contributed by atoms with Gasteiger partial charge in [-0.25, -0.2) is 4.98 Å². The predicted molar refractivity (Wildman–Crippen MR) is 120 cm³/mol. The van der Waals surface area contributed by atoms with Gasteiger partial charge in [-0.05, 0) is 67.4 Å². The van der Waals surface area contributed by atoms with Gasteiger partial charge in [-0.15, -0.1) is 10.2 Å². The summed E-state index contributed by atoms with van der Waals surface area (Å²) in [5, 5.41) is 20.7. The number of hydrogen-bond acceptors (Lipinski definition) is 5. The molecule has 3 aromatic heterocycles. The molecule has 0 amide bonds. The van der Waals surface area contributed by atoms with Gasteiger partial charge >= 0.3 is 0 Å². The molecule has 0 spiro atoms. The molecule has 0 radical (unpaired) electrons. The van der Waals surface area contributed by atoms with Crippen molar-refractivity contribution in [2.24, 2.45) is 0 Å². The van der Waals surface area contributed by atoms with E-state index in [4.69, 9.17) is 4.98 Å². The largest absolute Gasteiger partial charge is 0.285 e. The van der Waals surface area contributed by atoms with E-state index in [1.807, 2.05) is 55.5 Å². The summed E-state index contributed by atoms with van der Waals surface area (Å²) in [6.07, 6.45) is 2.31. The lowest BCUT2D eigenvalue weighted by atomic mass is 10.2. The Morgan fingerprint density at radius 1 is 1.03 bits per heavy atom. The quantitative estimate of drug-likeness (QED) is 0.394. The van der Waals surface area contributed by atoms with Gasteiger partial charge in [0, 0.05) is 11.6 Å². The highest BCUT2D eigenvalue weighted by Crippen LogP contribution is 2.42. The molecule has 0 bridgehead atoms. The molecule has 5 aromatic rings. The summed E-state index contributed by atoms with van der Waals surface area (Å²) >= 11 is 1.56. The molecule has 31 heavy (non-hydrogen) atoms. The number of aromatic nitrogens is 5. The van der Waals surface area contributed by atoms with E-state index >= 15 is 0 Å². The summed E-state index contributed by atoms with van der Waals surface area (Å²) in [7, 11) is 0. The highest BCUT2D eigenvalue weighted by molar-refractivity contribution is 7.99. The molecule has 6 nitrogen and oxygen atoms in total. The molecule has 1 aliphatic rings. The van der Waals surface area contributed by atoms with Crippen LogP contribution in [-0.4, -0.2) is 24.1 Å². The highest BCUT2D eigenvalue weighted by atomic mass is 32.2. The Bertz CT molecular complexity index is 1490. The molecule has 0 saturated heterocycles. The number of nitriles is 1. The van der Waals surface area contributed by atoms with Crippen molar-refractivity contribution < 1.29 is 0 Å². The van der Waals surface area contributed by atoms with E-state index in [0.717, 1.165) is 51.1 Å². The molecule has 1 aliphatic carbocycles. The summed E-state index contributed by atoms with van der Waals surface area (Å²) in [5.74, 6) is 1.49. The average molecular weight is 423 g/mol. The van der Waals surface area contributed by atoms with E-state index in [1.54, 1.807) is 11.8 Å². The normalized spacial score (nSPS) is 13.7. The Morgan fingerprint density at radius 3 is 2.58 bits per heavy atom. The molecule has 150 valence electrons. The Hall–Kier alpha value is -3.63. The summed E-state index contributed by atoms with van der Waals surface area (Å²) < 4.78 is 4.23. The maximum Gasteiger partial charge on any atom is 0.202 e. The molecular weight excluding hydrogens is 404 g/mol. The van der Waals surface area contributed by atoms with Gasteiger partial charge in [0.05, 0.1) is 21.6 Å². The van der Waals surface area contributed by atoms with E-state index in [-0.39, 0.29) is 0 Å². The third-order valence-corrected chi connectivity index (χ3v) is 6.62. The molecule has 3 heterocycles. The standard InChI is InChI=1S/C24H18N6S/c1-15-13-21(30-20-10-6-5-9-19(20)26-23(30)18(15)14-25)31-24-28-27-22(16-11-12-16)29(24)17-7-3-2-4-8-17/h2-10,13,16H,11-12H2,1H3. The number of nitrogens with zero attached hydrogens (tertiary/aromatic N) is 6. The molecule has 1 fully saturated rings. The summed E-state index contributed by atoms with van der Waals surface area (Å²) in [6, 6.07) is 22.6. The van der Waals surface area contributed by atoms with Crippen molar-refractivity contribution in [1.82, 2.24) is 24.1 Å². The van der Waals surface area contributed by atoms with Gasteiger partial charge < -0.3 is 0 Å². The lowest BCUT2D eigenvalue weighted by molar-refractivity contribution is 0.827. The Morgan fingerprint density at radius 2 is 1.81 bits per heavy atom. The summed E-state index contributed by atoms with van der Waals surface area (Å²) in [4.78, 5) is 4.76. The van der Waals surface area contributed by atoms with Crippen LogP contribution in [0, 0.1) is 18.3 Å². The third kappa shape index (κ3) is 2.91. The van der Waals surface area contributed by atoms with Gasteiger partial charge in [0.25, 0.3) is 0 Å². The van der Waals surface area contributed by atoms with Crippen LogP contribution >= 0.6 is 11.8 Å². The fourth-order valence-corrected chi connectivity index (χ4v) is 5.07. The highest BCUT2D eigenvalue weighted by Gasteiger charge is 2.31. The third-order valence-electron chi connectivity index (χ3n) is 5.66. The van der Waals surface area contributed by atoms with Crippen molar-refractivity contribution >= 4 is 28.4 Å². The second kappa shape index (κ2) is 6.96. The van der Waals surface area contributed by atoms with Crippen molar-refractivity contribution in [3.05, 3.63) is 77.6 Å². The first-order valence-corrected chi connectivity index (χ1v) is 11.1. The zero-order chi connectivity index (χ0) is 20.9. The number of para-hydroxylation sites is 3. The minimum absolute atomic E-state index is 0.471. The van der Waals surface area contributed by atoms with Crippen LogP contribution in [0.1, 0.15) is 35.7 Å². The van der Waals surface area contributed by atoms with E-state index in [9.17, 15) is 5.26 Å². The van der Waals surface area contributed by atoms with Crippen LogP contribution in [-0.2, 0) is 0 Å². The van der Waals surface area contributed by atoms with Crippen LogP contribution in [0.15, 0.2) is 70.8 Å². The zero-order valence-corrected chi connectivity index (χ0v) is 17.7. The molecule has 0 atom stereocenters. The second-order valence-corrected chi connectivity index (χ2v) is 8.79. The van der Waals surface area contributed by atoms with Crippen molar-refractivity contribution in [1.29, 1.82) is 5.26 Å². The minimum atomic E-state index is 0.471. The fraction of sp³-hybridized carbons (Fsp3) is 0.167. The Balaban J connectivity index is 1.58. The van der Waals surface area contributed by atoms with Crippen LogP contribution in [0.2, 0.25) is 0 Å².